The standard InChI is InChI=1S/C12H10ClF/c13-12(8-2-1-3-9-12)10-4-6-11(14)7-5-10/h1-8H,9H2. The molecule has 0 spiro atoms. The first-order valence-electron chi connectivity index (χ1n) is 4.50. The summed E-state index contributed by atoms with van der Waals surface area (Å²) in [5.41, 5.74) is 0.932. The van der Waals surface area contributed by atoms with Crippen LogP contribution < -0.4 is 0 Å². The fourth-order valence-corrected chi connectivity index (χ4v) is 1.82. The summed E-state index contributed by atoms with van der Waals surface area (Å²) in [5.74, 6) is -0.232. The number of hydrogen-bond acceptors (Lipinski definition) is 0. The normalized spacial score (nSPS) is 25.3. The zero-order chi connectivity index (χ0) is 10.0. The van der Waals surface area contributed by atoms with Crippen molar-refractivity contribution in [3.63, 3.8) is 0 Å². The first-order chi connectivity index (χ1) is 6.71. The van der Waals surface area contributed by atoms with E-state index in [1.807, 2.05) is 24.3 Å². The molecule has 2 heteroatoms. The minimum absolute atomic E-state index is 0.232. The van der Waals surface area contributed by atoms with Gasteiger partial charge in [-0.15, -0.1) is 11.6 Å². The second-order valence-corrected chi connectivity index (χ2v) is 4.04. The number of halogens is 2. The Morgan fingerprint density at radius 3 is 2.43 bits per heavy atom. The third-order valence-corrected chi connectivity index (χ3v) is 2.85. The third kappa shape index (κ3) is 1.73. The van der Waals surface area contributed by atoms with Crippen molar-refractivity contribution in [2.24, 2.45) is 0 Å². The molecule has 2 rings (SSSR count). The molecule has 1 aliphatic rings. The molecule has 0 N–H and O–H groups in total. The summed E-state index contributed by atoms with van der Waals surface area (Å²) < 4.78 is 12.7. The van der Waals surface area contributed by atoms with Crippen LogP contribution >= 0.6 is 11.6 Å². The maximum absolute atomic E-state index is 12.7. The first-order valence-corrected chi connectivity index (χ1v) is 4.88. The van der Waals surface area contributed by atoms with E-state index in [1.54, 1.807) is 12.1 Å². The van der Waals surface area contributed by atoms with Crippen LogP contribution in [0.3, 0.4) is 0 Å². The summed E-state index contributed by atoms with van der Waals surface area (Å²) in [6.45, 7) is 0. The molecule has 0 aromatic heterocycles. The van der Waals surface area contributed by atoms with Crippen LogP contribution in [0.5, 0.6) is 0 Å². The first kappa shape index (κ1) is 9.47. The Morgan fingerprint density at radius 2 is 1.86 bits per heavy atom. The van der Waals surface area contributed by atoms with Crippen molar-refractivity contribution < 1.29 is 4.39 Å². The maximum Gasteiger partial charge on any atom is 0.123 e. The molecule has 0 saturated heterocycles. The number of allylic oxidation sites excluding steroid dienone is 4. The van der Waals surface area contributed by atoms with Crippen LogP contribution in [0, 0.1) is 5.82 Å². The van der Waals surface area contributed by atoms with Crippen LogP contribution in [-0.2, 0) is 4.87 Å². The van der Waals surface area contributed by atoms with Crippen LogP contribution in [0.1, 0.15) is 12.0 Å². The van der Waals surface area contributed by atoms with Gasteiger partial charge in [-0.1, -0.05) is 36.4 Å². The Kier molecular flexibility index (Phi) is 2.42. The van der Waals surface area contributed by atoms with Crippen molar-refractivity contribution in [2.75, 3.05) is 0 Å². The van der Waals surface area contributed by atoms with E-state index in [1.165, 1.54) is 12.1 Å². The predicted molar refractivity (Wildman–Crippen MR) is 56.8 cm³/mol. The van der Waals surface area contributed by atoms with Crippen LogP contribution in [0.2, 0.25) is 0 Å². The third-order valence-electron chi connectivity index (χ3n) is 2.35. The second kappa shape index (κ2) is 3.58. The van der Waals surface area contributed by atoms with Gasteiger partial charge in [-0.25, -0.2) is 4.39 Å². The fraction of sp³-hybridized carbons (Fsp3) is 0.167. The van der Waals surface area contributed by atoms with Crippen molar-refractivity contribution in [1.82, 2.24) is 0 Å². The second-order valence-electron chi connectivity index (χ2n) is 3.36. The van der Waals surface area contributed by atoms with Crippen LogP contribution in [0.4, 0.5) is 4.39 Å². The van der Waals surface area contributed by atoms with Gasteiger partial charge in [0.2, 0.25) is 0 Å². The number of benzene rings is 1. The largest absolute Gasteiger partial charge is 0.207 e. The molecule has 0 amide bonds. The Labute approximate surface area is 87.7 Å². The molecule has 0 radical (unpaired) electrons. The summed E-state index contributed by atoms with van der Waals surface area (Å²) in [5, 5.41) is 0. The minimum Gasteiger partial charge on any atom is -0.207 e. The van der Waals surface area contributed by atoms with Crippen molar-refractivity contribution >= 4 is 11.6 Å². The van der Waals surface area contributed by atoms with Gasteiger partial charge in [0.05, 0.1) is 4.87 Å². The van der Waals surface area contributed by atoms with Crippen molar-refractivity contribution in [3.8, 4) is 0 Å². The van der Waals surface area contributed by atoms with Crippen molar-refractivity contribution in [1.29, 1.82) is 0 Å². The van der Waals surface area contributed by atoms with Gasteiger partial charge in [0.15, 0.2) is 0 Å². The lowest BCUT2D eigenvalue weighted by atomic mass is 9.92. The Hall–Kier alpha value is -1.08. The van der Waals surface area contributed by atoms with Crippen LogP contribution in [0.15, 0.2) is 48.6 Å². The zero-order valence-electron chi connectivity index (χ0n) is 7.58. The highest BCUT2D eigenvalue weighted by atomic mass is 35.5. The van der Waals surface area contributed by atoms with E-state index in [2.05, 4.69) is 0 Å². The molecule has 14 heavy (non-hydrogen) atoms. The molecule has 72 valence electrons. The molecule has 1 atom stereocenters. The summed E-state index contributed by atoms with van der Waals surface area (Å²) in [6, 6.07) is 6.33. The predicted octanol–water partition coefficient (Wildman–Crippen LogP) is 3.78. The van der Waals surface area contributed by atoms with Gasteiger partial charge in [-0.3, -0.25) is 0 Å². The molecule has 0 aliphatic heterocycles. The van der Waals surface area contributed by atoms with Gasteiger partial charge in [0, 0.05) is 0 Å². The Balaban J connectivity index is 2.34. The molecule has 0 fully saturated rings. The van der Waals surface area contributed by atoms with E-state index in [9.17, 15) is 4.39 Å². The minimum atomic E-state index is -0.498. The molecule has 0 saturated carbocycles. The lowest BCUT2D eigenvalue weighted by Crippen LogP contribution is -2.15. The van der Waals surface area contributed by atoms with E-state index >= 15 is 0 Å². The van der Waals surface area contributed by atoms with Gasteiger partial charge in [0.1, 0.15) is 5.82 Å². The molecule has 0 nitrogen and oxygen atoms in total. The van der Waals surface area contributed by atoms with Gasteiger partial charge >= 0.3 is 0 Å². The molecule has 0 bridgehead atoms. The number of hydrogen-bond donors (Lipinski definition) is 0. The summed E-state index contributed by atoms with van der Waals surface area (Å²) >= 11 is 6.39. The Bertz CT molecular complexity index is 378. The molecular formula is C12H10ClF. The van der Waals surface area contributed by atoms with Gasteiger partial charge in [-0.2, -0.15) is 0 Å². The highest BCUT2D eigenvalue weighted by molar-refractivity contribution is 6.25. The fourth-order valence-electron chi connectivity index (χ4n) is 1.54. The van der Waals surface area contributed by atoms with E-state index < -0.39 is 4.87 Å². The van der Waals surface area contributed by atoms with E-state index in [4.69, 9.17) is 11.6 Å². The number of alkyl halides is 1. The van der Waals surface area contributed by atoms with Crippen LogP contribution in [0.25, 0.3) is 0 Å². The average Bonchev–Trinajstić information content (AvgIpc) is 2.19. The van der Waals surface area contributed by atoms with Crippen molar-refractivity contribution in [3.05, 3.63) is 60.0 Å². The molecule has 1 aliphatic carbocycles. The molecule has 1 unspecified atom stereocenters. The zero-order valence-corrected chi connectivity index (χ0v) is 8.34. The SMILES string of the molecule is Fc1ccc(C2(Cl)C=CC=CC2)cc1. The highest BCUT2D eigenvalue weighted by Crippen LogP contribution is 2.36. The van der Waals surface area contributed by atoms with E-state index in [0.29, 0.717) is 0 Å². The number of rotatable bonds is 1. The van der Waals surface area contributed by atoms with Crippen LogP contribution in [-0.4, -0.2) is 0 Å². The Morgan fingerprint density at radius 1 is 1.14 bits per heavy atom. The summed E-state index contributed by atoms with van der Waals surface area (Å²) in [7, 11) is 0. The van der Waals surface area contributed by atoms with Gasteiger partial charge in [-0.05, 0) is 24.1 Å². The monoisotopic (exact) mass is 208 g/mol. The molecular weight excluding hydrogens is 199 g/mol. The van der Waals surface area contributed by atoms with Gasteiger partial charge in [0.25, 0.3) is 0 Å². The summed E-state index contributed by atoms with van der Waals surface area (Å²) in [4.78, 5) is -0.498. The van der Waals surface area contributed by atoms with E-state index in [0.717, 1.165) is 12.0 Å². The van der Waals surface area contributed by atoms with Gasteiger partial charge < -0.3 is 0 Å². The maximum atomic E-state index is 12.7. The lowest BCUT2D eigenvalue weighted by molar-refractivity contribution is 0.625. The lowest BCUT2D eigenvalue weighted by Gasteiger charge is -2.24. The molecule has 1 aromatic carbocycles. The van der Waals surface area contributed by atoms with Crippen molar-refractivity contribution in [2.45, 2.75) is 11.3 Å². The quantitative estimate of drug-likeness (QED) is 0.617. The average molecular weight is 209 g/mol. The highest BCUT2D eigenvalue weighted by Gasteiger charge is 2.25. The topological polar surface area (TPSA) is 0 Å². The summed E-state index contributed by atoms with van der Waals surface area (Å²) in [6.07, 6.45) is 8.57. The molecule has 1 aromatic rings. The molecule has 0 heterocycles. The van der Waals surface area contributed by atoms with E-state index in [-0.39, 0.29) is 5.82 Å². The smallest absolute Gasteiger partial charge is 0.123 e.